The molecule has 2 rings (SSSR count). The molecule has 0 unspecified atom stereocenters. The van der Waals surface area contributed by atoms with Crippen molar-refractivity contribution in [2.24, 2.45) is 5.73 Å². The van der Waals surface area contributed by atoms with E-state index in [1.165, 1.54) is 0 Å². The van der Waals surface area contributed by atoms with Crippen LogP contribution in [0.25, 0.3) is 11.1 Å². The summed E-state index contributed by atoms with van der Waals surface area (Å²) >= 11 is 0. The predicted octanol–water partition coefficient (Wildman–Crippen LogP) is 1.47. The van der Waals surface area contributed by atoms with Crippen molar-refractivity contribution in [3.63, 3.8) is 0 Å². The number of amides is 3. The minimum atomic E-state index is -1.26. The zero-order valence-electron chi connectivity index (χ0n) is 19.1. The van der Waals surface area contributed by atoms with E-state index in [2.05, 4.69) is 10.6 Å². The summed E-state index contributed by atoms with van der Waals surface area (Å²) in [7, 11) is 0. The van der Waals surface area contributed by atoms with E-state index >= 15 is 0 Å². The van der Waals surface area contributed by atoms with E-state index in [4.69, 9.17) is 15.9 Å². The third-order valence-electron chi connectivity index (χ3n) is 5.31. The van der Waals surface area contributed by atoms with Crippen molar-refractivity contribution in [3.05, 3.63) is 60.2 Å². The summed E-state index contributed by atoms with van der Waals surface area (Å²) < 4.78 is 0. The smallest absolute Gasteiger partial charge is 0.303 e. The Kier molecular flexibility index (Phi) is 10.4. The largest absolute Gasteiger partial charge is 0.481 e. The molecule has 0 aliphatic heterocycles. The number of hydrogen-bond acceptors (Lipinski definition) is 5. The van der Waals surface area contributed by atoms with Crippen LogP contribution in [0.4, 0.5) is 0 Å². The number of nitrogens with one attached hydrogen (secondary N) is 2. The number of benzene rings is 2. The van der Waals surface area contributed by atoms with Gasteiger partial charge in [-0.15, -0.1) is 0 Å². The molecule has 2 atom stereocenters. The molecule has 10 nitrogen and oxygen atoms in total. The van der Waals surface area contributed by atoms with Crippen LogP contribution in [-0.4, -0.2) is 52.0 Å². The number of rotatable bonds is 14. The molecule has 35 heavy (non-hydrogen) atoms. The van der Waals surface area contributed by atoms with Gasteiger partial charge in [-0.3, -0.25) is 24.0 Å². The number of nitrogens with two attached hydrogens (primary N) is 1. The van der Waals surface area contributed by atoms with E-state index in [1.54, 1.807) is 0 Å². The van der Waals surface area contributed by atoms with E-state index in [0.717, 1.165) is 16.7 Å². The van der Waals surface area contributed by atoms with E-state index in [-0.39, 0.29) is 19.3 Å². The second-order valence-electron chi connectivity index (χ2n) is 8.01. The molecule has 0 bridgehead atoms. The summed E-state index contributed by atoms with van der Waals surface area (Å²) in [5.41, 5.74) is 8.25. The molecule has 3 amide bonds. The van der Waals surface area contributed by atoms with Gasteiger partial charge in [-0.2, -0.15) is 0 Å². The number of carboxylic acids is 2. The molecule has 186 valence electrons. The monoisotopic (exact) mass is 483 g/mol. The Labute approximate surface area is 202 Å². The lowest BCUT2D eigenvalue weighted by atomic mass is 10.0. The molecule has 10 heteroatoms. The van der Waals surface area contributed by atoms with E-state index in [1.807, 2.05) is 54.6 Å². The van der Waals surface area contributed by atoms with Crippen molar-refractivity contribution in [1.82, 2.24) is 10.6 Å². The van der Waals surface area contributed by atoms with Crippen molar-refractivity contribution < 1.29 is 34.2 Å². The van der Waals surface area contributed by atoms with E-state index in [0.29, 0.717) is 6.42 Å². The Morgan fingerprint density at radius 3 is 1.80 bits per heavy atom. The van der Waals surface area contributed by atoms with Crippen molar-refractivity contribution in [2.75, 3.05) is 0 Å². The van der Waals surface area contributed by atoms with Crippen molar-refractivity contribution in [1.29, 1.82) is 0 Å². The van der Waals surface area contributed by atoms with Gasteiger partial charge in [0, 0.05) is 19.3 Å². The van der Waals surface area contributed by atoms with Crippen LogP contribution < -0.4 is 16.4 Å². The Bertz CT molecular complexity index is 1040. The highest BCUT2D eigenvalue weighted by Crippen LogP contribution is 2.19. The molecule has 2 aromatic rings. The first-order valence-electron chi connectivity index (χ1n) is 11.1. The number of aliphatic carboxylic acids is 2. The lowest BCUT2D eigenvalue weighted by Crippen LogP contribution is -2.53. The van der Waals surface area contributed by atoms with Gasteiger partial charge >= 0.3 is 11.9 Å². The molecule has 0 aromatic heterocycles. The molecular weight excluding hydrogens is 454 g/mol. The molecule has 6 N–H and O–H groups in total. The Morgan fingerprint density at radius 2 is 1.26 bits per heavy atom. The fourth-order valence-electron chi connectivity index (χ4n) is 3.38. The molecule has 2 aromatic carbocycles. The van der Waals surface area contributed by atoms with Gasteiger partial charge in [0.05, 0.1) is 0 Å². The van der Waals surface area contributed by atoms with Gasteiger partial charge in [0.25, 0.3) is 0 Å². The summed E-state index contributed by atoms with van der Waals surface area (Å²) in [6.45, 7) is 0. The maximum Gasteiger partial charge on any atom is 0.303 e. The van der Waals surface area contributed by atoms with Crippen molar-refractivity contribution in [3.8, 4) is 11.1 Å². The number of carboxylic acid groups (broad SMARTS) is 2. The number of carbonyl (C=O) groups is 5. The van der Waals surface area contributed by atoms with Crippen LogP contribution in [0.2, 0.25) is 0 Å². The fourth-order valence-corrected chi connectivity index (χ4v) is 3.38. The van der Waals surface area contributed by atoms with Crippen LogP contribution in [0.5, 0.6) is 0 Å². The zero-order valence-corrected chi connectivity index (χ0v) is 19.1. The van der Waals surface area contributed by atoms with Gasteiger partial charge in [-0.1, -0.05) is 54.6 Å². The van der Waals surface area contributed by atoms with Crippen LogP contribution in [0, 0.1) is 0 Å². The average molecular weight is 484 g/mol. The minimum absolute atomic E-state index is 0.0554. The maximum atomic E-state index is 12.6. The first-order chi connectivity index (χ1) is 16.7. The third kappa shape index (κ3) is 9.66. The average Bonchev–Trinajstić information content (AvgIpc) is 2.83. The number of aryl methyl sites for hydroxylation is 1. The highest BCUT2D eigenvalue weighted by Gasteiger charge is 2.26. The predicted molar refractivity (Wildman–Crippen MR) is 127 cm³/mol. The molecule has 0 radical (unpaired) electrons. The van der Waals surface area contributed by atoms with Crippen molar-refractivity contribution >= 4 is 29.7 Å². The molecule has 0 saturated carbocycles. The lowest BCUT2D eigenvalue weighted by Gasteiger charge is -2.21. The molecule has 0 fully saturated rings. The summed E-state index contributed by atoms with van der Waals surface area (Å²) in [5.74, 6) is -4.53. The second-order valence-corrected chi connectivity index (χ2v) is 8.01. The standard InChI is InChI=1S/C25H29N3O7/c26-24(34)19(11-14-22(30)31)28-25(35)20(12-15-23(32)33)27-21(29)13-8-16-6-9-18(10-7-16)17-4-2-1-3-5-17/h1-7,9-10,19-20H,8,11-15H2,(H2,26,34)(H,27,29)(H,28,35)(H,30,31)(H,32,33)/t19-,20+/m0/s1. The minimum Gasteiger partial charge on any atom is -0.481 e. The van der Waals surface area contributed by atoms with Gasteiger partial charge < -0.3 is 26.6 Å². The van der Waals surface area contributed by atoms with Crippen LogP contribution in [0.15, 0.2) is 54.6 Å². The third-order valence-corrected chi connectivity index (χ3v) is 5.31. The van der Waals surface area contributed by atoms with Gasteiger partial charge in [0.2, 0.25) is 17.7 Å². The van der Waals surface area contributed by atoms with Crippen LogP contribution >= 0.6 is 0 Å². The molecular formula is C25H29N3O7. The normalized spacial score (nSPS) is 12.2. The number of carbonyl (C=O) groups excluding carboxylic acids is 3. The van der Waals surface area contributed by atoms with Crippen LogP contribution in [0.1, 0.15) is 37.7 Å². The molecule has 0 saturated heterocycles. The summed E-state index contributed by atoms with van der Waals surface area (Å²) in [6, 6.07) is 15.1. The van der Waals surface area contributed by atoms with Gasteiger partial charge in [0.1, 0.15) is 12.1 Å². The lowest BCUT2D eigenvalue weighted by molar-refractivity contribution is -0.139. The van der Waals surface area contributed by atoms with E-state index < -0.39 is 54.6 Å². The molecule has 0 aliphatic carbocycles. The molecule has 0 spiro atoms. The SMILES string of the molecule is NC(=O)[C@H](CCC(=O)O)NC(=O)[C@@H](CCC(=O)O)NC(=O)CCc1ccc(-c2ccccc2)cc1. The van der Waals surface area contributed by atoms with Crippen LogP contribution in [0.3, 0.4) is 0 Å². The van der Waals surface area contributed by atoms with Gasteiger partial charge in [0.15, 0.2) is 0 Å². The van der Waals surface area contributed by atoms with Crippen LogP contribution in [-0.2, 0) is 30.4 Å². The summed E-state index contributed by atoms with van der Waals surface area (Å²) in [5, 5.41) is 22.6. The maximum absolute atomic E-state index is 12.6. The summed E-state index contributed by atoms with van der Waals surface area (Å²) in [6.07, 6.45) is -0.770. The second kappa shape index (κ2) is 13.5. The zero-order chi connectivity index (χ0) is 25.8. The molecule has 0 aliphatic rings. The van der Waals surface area contributed by atoms with E-state index in [9.17, 15) is 24.0 Å². The quantitative estimate of drug-likeness (QED) is 0.270. The fraction of sp³-hybridized carbons (Fsp3) is 0.320. The van der Waals surface area contributed by atoms with Crippen molar-refractivity contribution in [2.45, 2.75) is 50.6 Å². The Balaban J connectivity index is 1.96. The first kappa shape index (κ1) is 27.0. The van der Waals surface area contributed by atoms with Gasteiger partial charge in [-0.05, 0) is 36.0 Å². The van der Waals surface area contributed by atoms with Gasteiger partial charge in [-0.25, -0.2) is 0 Å². The Hall–Kier alpha value is -4.21. The highest BCUT2D eigenvalue weighted by atomic mass is 16.4. The molecule has 0 heterocycles. The Morgan fingerprint density at radius 1 is 0.714 bits per heavy atom. The topological polar surface area (TPSA) is 176 Å². The number of hydrogen-bond donors (Lipinski definition) is 5. The highest BCUT2D eigenvalue weighted by molar-refractivity contribution is 5.92. The summed E-state index contributed by atoms with van der Waals surface area (Å²) in [4.78, 5) is 58.4. The number of primary amides is 1. The first-order valence-corrected chi connectivity index (χ1v) is 11.1.